The van der Waals surface area contributed by atoms with Gasteiger partial charge in [0.15, 0.2) is 0 Å². The number of carboxylic acids is 1. The predicted octanol–water partition coefficient (Wildman–Crippen LogP) is 2.15. The minimum atomic E-state index is -0.921. The Kier molecular flexibility index (Phi) is 4.87. The molecule has 2 aliphatic heterocycles. The van der Waals surface area contributed by atoms with Crippen molar-refractivity contribution in [2.45, 2.75) is 32.2 Å². The van der Waals surface area contributed by atoms with Gasteiger partial charge in [0, 0.05) is 18.5 Å². The first-order valence-corrected chi connectivity index (χ1v) is 8.71. The molecule has 0 unspecified atom stereocenters. The van der Waals surface area contributed by atoms with E-state index in [0.29, 0.717) is 0 Å². The number of rotatable bonds is 5. The zero-order valence-corrected chi connectivity index (χ0v) is 13.1. The van der Waals surface area contributed by atoms with Gasteiger partial charge in [-0.15, -0.1) is 11.3 Å². The Morgan fingerprint density at radius 3 is 2.57 bits per heavy atom. The molecule has 2 fully saturated rings. The number of thiazole rings is 1. The van der Waals surface area contributed by atoms with E-state index in [0.717, 1.165) is 31.2 Å². The van der Waals surface area contributed by atoms with Crippen LogP contribution < -0.4 is 0 Å². The lowest BCUT2D eigenvalue weighted by Gasteiger charge is -2.33. The second kappa shape index (κ2) is 6.85. The maximum Gasteiger partial charge on any atom is 0.365 e. The number of carboxylic acid groups (broad SMARTS) is 1. The van der Waals surface area contributed by atoms with Gasteiger partial charge in [0.05, 0.1) is 5.69 Å². The summed E-state index contributed by atoms with van der Waals surface area (Å²) in [5, 5.41) is 11.0. The van der Waals surface area contributed by atoms with Crippen LogP contribution in [0.2, 0.25) is 0 Å². The van der Waals surface area contributed by atoms with Crippen LogP contribution in [0.5, 0.6) is 0 Å². The highest BCUT2D eigenvalue weighted by molar-refractivity contribution is 7.11. The Bertz CT molecular complexity index is 477. The van der Waals surface area contributed by atoms with Gasteiger partial charge in [-0.05, 0) is 57.8 Å². The molecule has 5 nitrogen and oxygen atoms in total. The van der Waals surface area contributed by atoms with Crippen LogP contribution in [0.25, 0.3) is 0 Å². The molecule has 0 aliphatic carbocycles. The summed E-state index contributed by atoms with van der Waals surface area (Å²) in [6.07, 6.45) is 5.25. The van der Waals surface area contributed by atoms with Crippen LogP contribution >= 0.6 is 11.3 Å². The Morgan fingerprint density at radius 2 is 1.95 bits per heavy atom. The van der Waals surface area contributed by atoms with E-state index in [1.165, 1.54) is 56.7 Å². The largest absolute Gasteiger partial charge is 0.476 e. The van der Waals surface area contributed by atoms with E-state index in [1.54, 1.807) is 0 Å². The fourth-order valence-electron chi connectivity index (χ4n) is 3.36. The van der Waals surface area contributed by atoms with Crippen molar-refractivity contribution in [3.63, 3.8) is 0 Å². The molecule has 0 radical (unpaired) electrons. The third kappa shape index (κ3) is 4.02. The monoisotopic (exact) mass is 309 g/mol. The van der Waals surface area contributed by atoms with E-state index >= 15 is 0 Å². The number of carbonyl (C=O) groups is 1. The number of nitrogens with zero attached hydrogens (tertiary/aromatic N) is 3. The third-order valence-electron chi connectivity index (χ3n) is 4.54. The second-order valence-corrected chi connectivity index (χ2v) is 7.03. The van der Waals surface area contributed by atoms with Crippen molar-refractivity contribution in [2.24, 2.45) is 5.92 Å². The first-order valence-electron chi connectivity index (χ1n) is 7.83. The van der Waals surface area contributed by atoms with Gasteiger partial charge in [0.2, 0.25) is 5.01 Å². The maximum absolute atomic E-state index is 10.8. The predicted molar refractivity (Wildman–Crippen MR) is 82.7 cm³/mol. The Labute approximate surface area is 129 Å². The van der Waals surface area contributed by atoms with E-state index in [4.69, 9.17) is 5.11 Å². The Morgan fingerprint density at radius 1 is 1.24 bits per heavy atom. The highest BCUT2D eigenvalue weighted by Gasteiger charge is 2.23. The van der Waals surface area contributed by atoms with Gasteiger partial charge in [-0.2, -0.15) is 0 Å². The molecular formula is C15H23N3O2S. The van der Waals surface area contributed by atoms with Crippen LogP contribution in [-0.2, 0) is 6.54 Å². The zero-order valence-electron chi connectivity index (χ0n) is 12.3. The van der Waals surface area contributed by atoms with E-state index in [-0.39, 0.29) is 5.01 Å². The molecule has 2 saturated heterocycles. The molecule has 3 heterocycles. The molecule has 6 heteroatoms. The summed E-state index contributed by atoms with van der Waals surface area (Å²) in [4.78, 5) is 20.0. The first kappa shape index (κ1) is 14.9. The molecular weight excluding hydrogens is 286 g/mol. The average Bonchev–Trinajstić information content (AvgIpc) is 3.12. The van der Waals surface area contributed by atoms with Crippen molar-refractivity contribution >= 4 is 17.3 Å². The zero-order chi connectivity index (χ0) is 14.7. The van der Waals surface area contributed by atoms with Crippen molar-refractivity contribution in [1.82, 2.24) is 14.8 Å². The van der Waals surface area contributed by atoms with Gasteiger partial charge in [-0.1, -0.05) is 0 Å². The Hall–Kier alpha value is -0.980. The highest BCUT2D eigenvalue weighted by Crippen LogP contribution is 2.22. The van der Waals surface area contributed by atoms with Gasteiger partial charge < -0.3 is 10.0 Å². The lowest BCUT2D eigenvalue weighted by atomic mass is 9.96. The first-order chi connectivity index (χ1) is 10.2. The molecule has 0 atom stereocenters. The number of hydrogen-bond acceptors (Lipinski definition) is 5. The third-order valence-corrected chi connectivity index (χ3v) is 5.42. The lowest BCUT2D eigenvalue weighted by Crippen LogP contribution is -2.37. The van der Waals surface area contributed by atoms with Crippen molar-refractivity contribution in [3.05, 3.63) is 16.1 Å². The molecule has 21 heavy (non-hydrogen) atoms. The fraction of sp³-hybridized carbons (Fsp3) is 0.733. The molecule has 116 valence electrons. The van der Waals surface area contributed by atoms with E-state index in [2.05, 4.69) is 14.8 Å². The maximum atomic E-state index is 10.8. The molecule has 1 aromatic heterocycles. The molecule has 0 amide bonds. The standard InChI is InChI=1S/C15H23N3O2S/c19-15(20)14-16-13(11-21-14)10-18-7-3-12(4-8-18)9-17-5-1-2-6-17/h11-12H,1-10H2,(H,19,20). The number of piperidine rings is 1. The molecule has 1 N–H and O–H groups in total. The van der Waals surface area contributed by atoms with Crippen LogP contribution in [0, 0.1) is 5.92 Å². The van der Waals surface area contributed by atoms with Gasteiger partial charge in [0.25, 0.3) is 0 Å². The molecule has 0 bridgehead atoms. The lowest BCUT2D eigenvalue weighted by molar-refractivity contribution is 0.0696. The molecule has 0 saturated carbocycles. The fourth-order valence-corrected chi connectivity index (χ4v) is 4.01. The number of hydrogen-bond donors (Lipinski definition) is 1. The van der Waals surface area contributed by atoms with E-state index in [1.807, 2.05) is 5.38 Å². The molecule has 0 aromatic carbocycles. The van der Waals surface area contributed by atoms with Gasteiger partial charge in [-0.25, -0.2) is 9.78 Å². The molecule has 1 aromatic rings. The van der Waals surface area contributed by atoms with Crippen LogP contribution in [0.15, 0.2) is 5.38 Å². The summed E-state index contributed by atoms with van der Waals surface area (Å²) >= 11 is 1.22. The topological polar surface area (TPSA) is 56.7 Å². The molecule has 0 spiro atoms. The minimum Gasteiger partial charge on any atom is -0.476 e. The number of aromatic carboxylic acids is 1. The van der Waals surface area contributed by atoms with Crippen LogP contribution in [0.4, 0.5) is 0 Å². The van der Waals surface area contributed by atoms with Gasteiger partial charge in [0.1, 0.15) is 0 Å². The van der Waals surface area contributed by atoms with Crippen molar-refractivity contribution < 1.29 is 9.90 Å². The SMILES string of the molecule is O=C(O)c1nc(CN2CCC(CN3CCCC3)CC2)cs1. The van der Waals surface area contributed by atoms with Crippen molar-refractivity contribution in [1.29, 1.82) is 0 Å². The van der Waals surface area contributed by atoms with Crippen molar-refractivity contribution in [3.8, 4) is 0 Å². The minimum absolute atomic E-state index is 0.203. The summed E-state index contributed by atoms with van der Waals surface area (Å²) in [7, 11) is 0. The summed E-state index contributed by atoms with van der Waals surface area (Å²) < 4.78 is 0. The highest BCUT2D eigenvalue weighted by atomic mass is 32.1. The number of likely N-dealkylation sites (tertiary alicyclic amines) is 2. The number of aromatic nitrogens is 1. The van der Waals surface area contributed by atoms with Gasteiger partial charge in [-0.3, -0.25) is 4.90 Å². The van der Waals surface area contributed by atoms with Crippen LogP contribution in [0.1, 0.15) is 41.2 Å². The Balaban J connectivity index is 1.43. The molecule has 2 aliphatic rings. The summed E-state index contributed by atoms with van der Waals surface area (Å²) in [6.45, 7) is 6.86. The normalized spacial score (nSPS) is 21.9. The van der Waals surface area contributed by atoms with Crippen molar-refractivity contribution in [2.75, 3.05) is 32.7 Å². The van der Waals surface area contributed by atoms with Crippen LogP contribution in [-0.4, -0.2) is 58.6 Å². The quantitative estimate of drug-likeness (QED) is 0.903. The summed E-state index contributed by atoms with van der Waals surface area (Å²) in [5.74, 6) is -0.0834. The second-order valence-electron chi connectivity index (χ2n) is 6.18. The van der Waals surface area contributed by atoms with Gasteiger partial charge >= 0.3 is 5.97 Å². The smallest absolute Gasteiger partial charge is 0.365 e. The van der Waals surface area contributed by atoms with E-state index < -0.39 is 5.97 Å². The van der Waals surface area contributed by atoms with Crippen LogP contribution in [0.3, 0.4) is 0 Å². The summed E-state index contributed by atoms with van der Waals surface area (Å²) in [6, 6.07) is 0. The van der Waals surface area contributed by atoms with E-state index in [9.17, 15) is 4.79 Å². The average molecular weight is 309 g/mol. The molecule has 3 rings (SSSR count). The summed E-state index contributed by atoms with van der Waals surface area (Å²) in [5.41, 5.74) is 0.899.